The highest BCUT2D eigenvalue weighted by Crippen LogP contribution is 2.21. The molecule has 1 amide bonds. The van der Waals surface area contributed by atoms with Gasteiger partial charge in [0, 0.05) is 13.6 Å². The number of rotatable bonds is 5. The zero-order valence-electron chi connectivity index (χ0n) is 19.5. The first-order valence-corrected chi connectivity index (χ1v) is 10.6. The van der Waals surface area contributed by atoms with Gasteiger partial charge in [0.05, 0.1) is 6.04 Å². The second kappa shape index (κ2) is 14.6. The molecule has 0 aliphatic heterocycles. The summed E-state index contributed by atoms with van der Waals surface area (Å²) in [6.45, 7) is 15.3. The summed E-state index contributed by atoms with van der Waals surface area (Å²) < 4.78 is 5.08. The molecule has 1 N–H and O–H groups in total. The normalized spacial score (nSPS) is 10.2. The highest BCUT2D eigenvalue weighted by Gasteiger charge is 2.18. The quantitative estimate of drug-likeness (QED) is 0.642. The van der Waals surface area contributed by atoms with Crippen LogP contribution < -0.4 is 5.32 Å². The Bertz CT molecular complexity index is 612. The average Bonchev–Trinajstić information content (AvgIpc) is 2.73. The van der Waals surface area contributed by atoms with E-state index in [2.05, 4.69) is 72.9 Å². The van der Waals surface area contributed by atoms with Crippen LogP contribution in [0, 0.1) is 0 Å². The van der Waals surface area contributed by atoms with E-state index in [9.17, 15) is 4.79 Å². The Balaban J connectivity index is 0.000000532. The summed E-state index contributed by atoms with van der Waals surface area (Å²) in [6, 6.07) is 21.4. The van der Waals surface area contributed by atoms with Crippen molar-refractivity contribution >= 4 is 6.09 Å². The number of ether oxygens (including phenoxy) is 1. The fourth-order valence-corrected chi connectivity index (χ4v) is 2.39. The van der Waals surface area contributed by atoms with Gasteiger partial charge in [0.1, 0.15) is 5.60 Å². The molecule has 0 saturated carbocycles. The van der Waals surface area contributed by atoms with Crippen LogP contribution in [-0.2, 0) is 4.74 Å². The van der Waals surface area contributed by atoms with Gasteiger partial charge >= 0.3 is 6.09 Å². The summed E-state index contributed by atoms with van der Waals surface area (Å²) in [7, 11) is 1.72. The molecule has 2 rings (SSSR count). The van der Waals surface area contributed by atoms with Crippen LogP contribution in [0.15, 0.2) is 60.7 Å². The molecule has 0 aliphatic carbocycles. The predicted molar refractivity (Wildman–Crippen MR) is 124 cm³/mol. The molecule has 0 bridgehead atoms. The van der Waals surface area contributed by atoms with Crippen LogP contribution in [0.3, 0.4) is 0 Å². The maximum Gasteiger partial charge on any atom is 0.410 e. The van der Waals surface area contributed by atoms with Crippen LogP contribution >= 0.6 is 0 Å². The largest absolute Gasteiger partial charge is 0.444 e. The minimum absolute atomic E-state index is 0.264. The number of nitrogens with zero attached hydrogens (tertiary/aromatic N) is 1. The van der Waals surface area contributed by atoms with Gasteiger partial charge in [0.2, 0.25) is 0 Å². The molecule has 2 aromatic carbocycles. The number of carbonyl (C=O) groups excluding carboxylic acids is 1. The maximum absolute atomic E-state index is 11.1. The lowest BCUT2D eigenvalue weighted by Gasteiger charge is -2.23. The van der Waals surface area contributed by atoms with Crippen LogP contribution in [0.4, 0.5) is 4.79 Å². The highest BCUT2D eigenvalue weighted by molar-refractivity contribution is 5.67. The molecule has 0 aliphatic rings. The minimum atomic E-state index is -0.388. The lowest BCUT2D eigenvalue weighted by Crippen LogP contribution is -2.33. The van der Waals surface area contributed by atoms with Crippen molar-refractivity contribution in [3.05, 3.63) is 71.8 Å². The second-order valence-corrected chi connectivity index (χ2v) is 7.31. The van der Waals surface area contributed by atoms with Crippen molar-refractivity contribution in [2.75, 3.05) is 20.1 Å². The number of nitrogens with one attached hydrogen (secondary N) is 1. The number of benzene rings is 2. The van der Waals surface area contributed by atoms with Crippen molar-refractivity contribution in [3.63, 3.8) is 0 Å². The molecule has 0 saturated heterocycles. The Labute approximate surface area is 178 Å². The van der Waals surface area contributed by atoms with Crippen LogP contribution in [-0.4, -0.2) is 36.7 Å². The lowest BCUT2D eigenvalue weighted by atomic mass is 9.99. The van der Waals surface area contributed by atoms with Gasteiger partial charge < -0.3 is 15.0 Å². The smallest absolute Gasteiger partial charge is 0.410 e. The van der Waals surface area contributed by atoms with Gasteiger partial charge in [0.15, 0.2) is 0 Å². The number of carbonyl (C=O) groups is 1. The third kappa shape index (κ3) is 11.3. The maximum atomic E-state index is 11.1. The summed E-state index contributed by atoms with van der Waals surface area (Å²) in [4.78, 5) is 12.6. The van der Waals surface area contributed by atoms with E-state index >= 15 is 0 Å². The van der Waals surface area contributed by atoms with E-state index < -0.39 is 0 Å². The molecule has 162 valence electrons. The topological polar surface area (TPSA) is 41.6 Å². The van der Waals surface area contributed by atoms with E-state index in [1.165, 1.54) is 16.0 Å². The SMILES string of the molecule is CC.CCN(C)C(=O)OC(C)(C)C.CCNC(c1ccccc1)c1ccccc1. The van der Waals surface area contributed by atoms with Crippen LogP contribution in [0.2, 0.25) is 0 Å². The third-order valence-corrected chi connectivity index (χ3v) is 3.85. The monoisotopic (exact) mass is 400 g/mol. The van der Waals surface area contributed by atoms with Crippen molar-refractivity contribution in [2.45, 2.75) is 60.1 Å². The highest BCUT2D eigenvalue weighted by atomic mass is 16.6. The molecule has 0 spiro atoms. The Morgan fingerprint density at radius 3 is 1.66 bits per heavy atom. The van der Waals surface area contributed by atoms with Gasteiger partial charge in [-0.2, -0.15) is 0 Å². The Hall–Kier alpha value is -2.33. The van der Waals surface area contributed by atoms with E-state index in [4.69, 9.17) is 4.74 Å². The standard InChI is InChI=1S/C15H17N.C8H17NO2.C2H6/c1-2-16-15(13-9-5-3-6-10-13)14-11-7-4-8-12-14;1-6-9(5)7(10)11-8(2,3)4;1-2/h3-12,15-16H,2H2,1H3;6H2,1-5H3;1-2H3. The molecule has 0 heterocycles. The summed E-state index contributed by atoms with van der Waals surface area (Å²) in [5, 5.41) is 3.52. The van der Waals surface area contributed by atoms with E-state index in [1.54, 1.807) is 7.05 Å². The van der Waals surface area contributed by atoms with Crippen molar-refractivity contribution in [1.29, 1.82) is 0 Å². The fraction of sp³-hybridized carbons (Fsp3) is 0.480. The van der Waals surface area contributed by atoms with Crippen LogP contribution in [0.5, 0.6) is 0 Å². The second-order valence-electron chi connectivity index (χ2n) is 7.31. The number of hydrogen-bond acceptors (Lipinski definition) is 3. The molecule has 4 heteroatoms. The first kappa shape index (κ1) is 26.7. The van der Waals surface area contributed by atoms with E-state index in [0.717, 1.165) is 6.54 Å². The molecule has 4 nitrogen and oxygen atoms in total. The van der Waals surface area contributed by atoms with Gasteiger partial charge in [-0.1, -0.05) is 81.4 Å². The molecule has 2 aromatic rings. The molecule has 0 unspecified atom stereocenters. The minimum Gasteiger partial charge on any atom is -0.444 e. The van der Waals surface area contributed by atoms with Crippen LogP contribution in [0.1, 0.15) is 65.6 Å². The number of hydrogen-bond donors (Lipinski definition) is 1. The summed E-state index contributed by atoms with van der Waals surface area (Å²) in [5.74, 6) is 0. The summed E-state index contributed by atoms with van der Waals surface area (Å²) >= 11 is 0. The molecular formula is C25H40N2O2. The average molecular weight is 401 g/mol. The zero-order valence-corrected chi connectivity index (χ0v) is 19.5. The fourth-order valence-electron chi connectivity index (χ4n) is 2.39. The van der Waals surface area contributed by atoms with Crippen molar-refractivity contribution in [1.82, 2.24) is 10.2 Å². The van der Waals surface area contributed by atoms with Gasteiger partial charge in [-0.3, -0.25) is 0 Å². The Kier molecular flexibility index (Phi) is 13.5. The van der Waals surface area contributed by atoms with Gasteiger partial charge in [-0.15, -0.1) is 0 Å². The van der Waals surface area contributed by atoms with E-state index in [0.29, 0.717) is 12.6 Å². The van der Waals surface area contributed by atoms with Crippen molar-refractivity contribution in [3.8, 4) is 0 Å². The molecule has 0 fully saturated rings. The summed E-state index contributed by atoms with van der Waals surface area (Å²) in [5.41, 5.74) is 2.24. The van der Waals surface area contributed by atoms with Crippen molar-refractivity contribution < 1.29 is 9.53 Å². The van der Waals surface area contributed by atoms with Gasteiger partial charge in [-0.25, -0.2) is 4.79 Å². The first-order chi connectivity index (χ1) is 13.8. The third-order valence-electron chi connectivity index (χ3n) is 3.85. The van der Waals surface area contributed by atoms with E-state index in [1.807, 2.05) is 41.5 Å². The molecular weight excluding hydrogens is 360 g/mol. The predicted octanol–water partition coefficient (Wildman–Crippen LogP) is 6.28. The number of amides is 1. The molecule has 0 aromatic heterocycles. The van der Waals surface area contributed by atoms with Crippen LogP contribution in [0.25, 0.3) is 0 Å². The lowest BCUT2D eigenvalue weighted by molar-refractivity contribution is 0.0308. The van der Waals surface area contributed by atoms with Gasteiger partial charge in [0.25, 0.3) is 0 Å². The molecule has 0 atom stereocenters. The van der Waals surface area contributed by atoms with Crippen molar-refractivity contribution in [2.24, 2.45) is 0 Å². The van der Waals surface area contributed by atoms with Gasteiger partial charge in [-0.05, 0) is 45.4 Å². The Morgan fingerprint density at radius 2 is 1.34 bits per heavy atom. The van der Waals surface area contributed by atoms with E-state index in [-0.39, 0.29) is 11.7 Å². The molecule has 29 heavy (non-hydrogen) atoms. The first-order valence-electron chi connectivity index (χ1n) is 10.6. The Morgan fingerprint density at radius 1 is 0.931 bits per heavy atom. The summed E-state index contributed by atoms with van der Waals surface area (Å²) in [6.07, 6.45) is -0.264. The molecule has 0 radical (unpaired) electrons. The zero-order chi connectivity index (χ0) is 22.3.